The lowest BCUT2D eigenvalue weighted by Gasteiger charge is -2.48. The number of carbonyl (C=O) groups is 3. The second-order valence-corrected chi connectivity index (χ2v) is 7.17. The average molecular weight is 420 g/mol. The highest BCUT2D eigenvalue weighted by atomic mass is 32.2. The molecule has 3 rings (SSSR count). The summed E-state index contributed by atoms with van der Waals surface area (Å²) in [5.41, 5.74) is 8.16. The summed E-state index contributed by atoms with van der Waals surface area (Å²) >= 11 is 1.56. The van der Waals surface area contributed by atoms with Crippen molar-refractivity contribution in [3.8, 4) is 0 Å². The van der Waals surface area contributed by atoms with Gasteiger partial charge in [0, 0.05) is 11.8 Å². The zero-order valence-electron chi connectivity index (χ0n) is 17.9. The second kappa shape index (κ2) is 14.6. The van der Waals surface area contributed by atoms with E-state index in [1.165, 1.54) is 10.5 Å². The Morgan fingerprint density at radius 2 is 1.83 bits per heavy atom. The summed E-state index contributed by atoms with van der Waals surface area (Å²) < 4.78 is 0. The van der Waals surface area contributed by atoms with Crippen LogP contribution in [-0.2, 0) is 14.4 Å². The lowest BCUT2D eigenvalue weighted by atomic mass is 10.0. The van der Waals surface area contributed by atoms with Crippen molar-refractivity contribution in [1.29, 1.82) is 0 Å². The lowest BCUT2D eigenvalue weighted by molar-refractivity contribution is -0.145. The maximum absolute atomic E-state index is 11.6. The molecule has 6 nitrogen and oxygen atoms in total. The summed E-state index contributed by atoms with van der Waals surface area (Å²) in [5, 5.41) is 2.34. The van der Waals surface area contributed by atoms with E-state index in [1.807, 2.05) is 65.0 Å². The molecule has 29 heavy (non-hydrogen) atoms. The van der Waals surface area contributed by atoms with Crippen LogP contribution in [0.2, 0.25) is 0 Å². The molecule has 0 saturated carbocycles. The molecule has 1 aromatic rings. The first-order valence-electron chi connectivity index (χ1n) is 9.59. The highest BCUT2D eigenvalue weighted by Crippen LogP contribution is 2.38. The largest absolute Gasteiger partial charge is 0.344 e. The molecule has 3 unspecified atom stereocenters. The first kappa shape index (κ1) is 26.6. The van der Waals surface area contributed by atoms with Crippen LogP contribution in [0.5, 0.6) is 0 Å². The van der Waals surface area contributed by atoms with Crippen molar-refractivity contribution in [2.75, 3.05) is 5.75 Å². The van der Waals surface area contributed by atoms with Gasteiger partial charge in [0.1, 0.15) is 11.4 Å². The van der Waals surface area contributed by atoms with Crippen LogP contribution in [0.4, 0.5) is 0 Å². The highest BCUT2D eigenvalue weighted by molar-refractivity contribution is 8.00. The number of nitrogens with zero attached hydrogens (tertiary/aromatic N) is 1. The lowest BCUT2D eigenvalue weighted by Crippen LogP contribution is -2.69. The predicted molar refractivity (Wildman–Crippen MR) is 121 cm³/mol. The van der Waals surface area contributed by atoms with Crippen LogP contribution in [0.3, 0.4) is 0 Å². The molecular weight excluding hydrogens is 386 g/mol. The summed E-state index contributed by atoms with van der Waals surface area (Å²) in [6.45, 7) is 13.1. The molecule has 0 aromatic heterocycles. The summed E-state index contributed by atoms with van der Waals surface area (Å²) in [7, 11) is 0. The molecule has 1 saturated heterocycles. The summed E-state index contributed by atoms with van der Waals surface area (Å²) in [6.07, 6.45) is 2.98. The minimum atomic E-state index is -0.476. The Morgan fingerprint density at radius 1 is 1.28 bits per heavy atom. The van der Waals surface area contributed by atoms with Crippen molar-refractivity contribution in [2.24, 2.45) is 5.73 Å². The molecule has 2 heterocycles. The fourth-order valence-corrected chi connectivity index (χ4v) is 3.84. The minimum absolute atomic E-state index is 0.119. The molecule has 2 aliphatic rings. The molecule has 2 amide bonds. The third-order valence-corrected chi connectivity index (χ3v) is 5.32. The van der Waals surface area contributed by atoms with Crippen molar-refractivity contribution in [3.05, 3.63) is 59.8 Å². The van der Waals surface area contributed by atoms with Crippen LogP contribution in [0.15, 0.2) is 54.3 Å². The van der Waals surface area contributed by atoms with Gasteiger partial charge in [-0.3, -0.25) is 19.3 Å². The molecular formula is C22H33N3O3S. The van der Waals surface area contributed by atoms with E-state index in [-0.39, 0.29) is 17.3 Å². The molecule has 2 aliphatic heterocycles. The molecule has 0 aliphatic carbocycles. The van der Waals surface area contributed by atoms with Gasteiger partial charge in [-0.2, -0.15) is 0 Å². The summed E-state index contributed by atoms with van der Waals surface area (Å²) in [6, 6.07) is 9.74. The minimum Gasteiger partial charge on any atom is -0.344 e. The van der Waals surface area contributed by atoms with Gasteiger partial charge in [0.05, 0.1) is 5.70 Å². The van der Waals surface area contributed by atoms with Gasteiger partial charge in [-0.15, -0.1) is 18.3 Å². The van der Waals surface area contributed by atoms with Gasteiger partial charge in [-0.05, 0) is 31.9 Å². The van der Waals surface area contributed by atoms with Crippen molar-refractivity contribution in [1.82, 2.24) is 10.2 Å². The van der Waals surface area contributed by atoms with E-state index in [1.54, 1.807) is 17.8 Å². The SMILES string of the molecule is C=CC.CC.CC(N)c1ccccc1.CC1=C(C=O)N2C(=O)C(NC=O)C2SC1. The van der Waals surface area contributed by atoms with Crippen LogP contribution in [0.1, 0.15) is 46.2 Å². The van der Waals surface area contributed by atoms with Gasteiger partial charge in [-0.25, -0.2) is 0 Å². The van der Waals surface area contributed by atoms with E-state index in [0.29, 0.717) is 18.4 Å². The van der Waals surface area contributed by atoms with Crippen LogP contribution >= 0.6 is 11.8 Å². The Morgan fingerprint density at radius 3 is 2.24 bits per heavy atom. The zero-order valence-corrected chi connectivity index (χ0v) is 18.7. The Kier molecular flexibility index (Phi) is 13.4. The van der Waals surface area contributed by atoms with E-state index < -0.39 is 6.04 Å². The van der Waals surface area contributed by atoms with E-state index >= 15 is 0 Å². The number of β-lactam (4-membered cyclic amide) rings is 1. The monoisotopic (exact) mass is 419 g/mol. The molecule has 0 bridgehead atoms. The standard InChI is InChI=1S/C9H10N2O3S.C8H11N.C3H6.C2H6/c1-5-3-15-9-7(10-4-13)8(14)11(9)6(5)2-12;1-7(9)8-5-3-2-4-6-8;1-3-2;1-2/h2,4,7,9H,3H2,1H3,(H,10,13);2-7H,9H2,1H3;3H,1H2,2H3;1-2H3. The molecule has 0 spiro atoms. The molecule has 0 radical (unpaired) electrons. The first-order chi connectivity index (χ1) is 13.9. The molecule has 1 aromatic carbocycles. The van der Waals surface area contributed by atoms with E-state index in [9.17, 15) is 14.4 Å². The van der Waals surface area contributed by atoms with Gasteiger partial charge in [-0.1, -0.05) is 50.3 Å². The Labute approximate surface area is 178 Å². The van der Waals surface area contributed by atoms with Gasteiger partial charge in [0.25, 0.3) is 5.91 Å². The number of nitrogens with one attached hydrogen (secondary N) is 1. The van der Waals surface area contributed by atoms with Gasteiger partial charge < -0.3 is 11.1 Å². The van der Waals surface area contributed by atoms with E-state index in [0.717, 1.165) is 11.3 Å². The number of allylic oxidation sites excluding steroid dienone is 2. The van der Waals surface area contributed by atoms with Gasteiger partial charge in [0.2, 0.25) is 6.41 Å². The van der Waals surface area contributed by atoms with Crippen LogP contribution in [0.25, 0.3) is 0 Å². The van der Waals surface area contributed by atoms with Gasteiger partial charge in [0.15, 0.2) is 6.29 Å². The molecule has 3 atom stereocenters. The first-order valence-corrected chi connectivity index (χ1v) is 10.6. The summed E-state index contributed by atoms with van der Waals surface area (Å²) in [5.74, 6) is 0.514. The Hall–Kier alpha value is -2.38. The maximum Gasteiger partial charge on any atom is 0.253 e. The number of rotatable bonds is 4. The topological polar surface area (TPSA) is 92.5 Å². The number of hydrogen-bond donors (Lipinski definition) is 2. The summed E-state index contributed by atoms with van der Waals surface area (Å²) in [4.78, 5) is 34.1. The molecule has 1 fully saturated rings. The van der Waals surface area contributed by atoms with Gasteiger partial charge >= 0.3 is 0 Å². The van der Waals surface area contributed by atoms with E-state index in [2.05, 4.69) is 11.9 Å². The smallest absolute Gasteiger partial charge is 0.253 e. The van der Waals surface area contributed by atoms with Crippen LogP contribution in [-0.4, -0.2) is 40.7 Å². The number of hydrogen-bond acceptors (Lipinski definition) is 5. The van der Waals surface area contributed by atoms with Crippen molar-refractivity contribution < 1.29 is 14.4 Å². The Balaban J connectivity index is 0.000000478. The van der Waals surface area contributed by atoms with Crippen molar-refractivity contribution >= 4 is 30.4 Å². The number of nitrogens with two attached hydrogens (primary N) is 1. The fourth-order valence-electron chi connectivity index (χ4n) is 2.52. The number of benzene rings is 1. The van der Waals surface area contributed by atoms with Crippen LogP contribution < -0.4 is 11.1 Å². The number of fused-ring (bicyclic) bond motifs is 1. The maximum atomic E-state index is 11.6. The number of aldehydes is 1. The van der Waals surface area contributed by atoms with E-state index in [4.69, 9.17) is 5.73 Å². The van der Waals surface area contributed by atoms with Crippen molar-refractivity contribution in [2.45, 2.75) is 52.1 Å². The number of carbonyl (C=O) groups excluding carboxylic acids is 3. The Bertz CT molecular complexity index is 690. The zero-order chi connectivity index (χ0) is 22.4. The molecule has 3 N–H and O–H groups in total. The molecule has 160 valence electrons. The average Bonchev–Trinajstić information content (AvgIpc) is 2.75. The normalized spacial score (nSPS) is 19.9. The third kappa shape index (κ3) is 7.51. The highest BCUT2D eigenvalue weighted by Gasteiger charge is 2.51. The second-order valence-electron chi connectivity index (χ2n) is 6.06. The van der Waals surface area contributed by atoms with Crippen LogP contribution in [0, 0.1) is 0 Å². The van der Waals surface area contributed by atoms with Crippen molar-refractivity contribution in [3.63, 3.8) is 0 Å². The number of amides is 2. The quantitative estimate of drug-likeness (QED) is 0.443. The third-order valence-electron chi connectivity index (χ3n) is 3.90. The number of thioether (sulfide) groups is 1. The molecule has 7 heteroatoms. The fraction of sp³-hybridized carbons (Fsp3) is 0.409. The predicted octanol–water partition coefficient (Wildman–Crippen LogP) is 3.41.